The predicted molar refractivity (Wildman–Crippen MR) is 145 cm³/mol. The number of carbonyl (C=O) groups excluding carboxylic acids is 3. The zero-order valence-corrected chi connectivity index (χ0v) is 22.5. The number of para-hydroxylation sites is 1. The number of piperazine rings is 1. The van der Waals surface area contributed by atoms with Crippen molar-refractivity contribution < 1.29 is 22.8 Å². The minimum atomic E-state index is -4.00. The number of hydrogen-bond donors (Lipinski definition) is 3. The maximum Gasteiger partial charge on any atom is 0.245 e. The Hall–Kier alpha value is -3.95. The van der Waals surface area contributed by atoms with Crippen molar-refractivity contribution in [1.29, 1.82) is 0 Å². The Morgan fingerprint density at radius 3 is 2.64 bits per heavy atom. The number of benzene rings is 1. The third kappa shape index (κ3) is 6.74. The molecule has 5 N–H and O–H groups in total. The zero-order valence-electron chi connectivity index (χ0n) is 20.9. The second kappa shape index (κ2) is 12.3. The summed E-state index contributed by atoms with van der Waals surface area (Å²) < 4.78 is 27.8. The first-order chi connectivity index (χ1) is 18.7. The predicted octanol–water partition coefficient (Wildman–Crippen LogP) is -0.0545. The number of fused-ring (bicyclic) bond motifs is 1. The van der Waals surface area contributed by atoms with Crippen molar-refractivity contribution in [3.05, 3.63) is 53.1 Å². The number of thiazole rings is 1. The zero-order chi connectivity index (χ0) is 28.0. The number of hydrogen-bond acceptors (Lipinski definition) is 9. The summed E-state index contributed by atoms with van der Waals surface area (Å²) in [5.74, 6) is -1.49. The van der Waals surface area contributed by atoms with Crippen molar-refractivity contribution in [2.24, 2.45) is 16.5 Å². The quantitative estimate of drug-likeness (QED) is 0.122. The Bertz CT molecular complexity index is 1480. The SMILES string of the molecule is NC(N)=NCCC[C@H](NC(=O)CN1CCN(S(=O)(=O)c2cccc3cccnc23)CC1=O)C(=O)c1nccs1. The minimum Gasteiger partial charge on any atom is -0.370 e. The second-order valence-corrected chi connectivity index (χ2v) is 11.6. The first-order valence-electron chi connectivity index (χ1n) is 12.1. The fourth-order valence-corrected chi connectivity index (χ4v) is 6.34. The number of guanidine groups is 1. The van der Waals surface area contributed by atoms with Gasteiger partial charge in [-0.25, -0.2) is 13.4 Å². The van der Waals surface area contributed by atoms with Crippen LogP contribution in [-0.2, 0) is 19.6 Å². The summed E-state index contributed by atoms with van der Waals surface area (Å²) in [6.07, 6.45) is 3.70. The summed E-state index contributed by atoms with van der Waals surface area (Å²) in [7, 11) is -4.00. The maximum absolute atomic E-state index is 13.3. The van der Waals surface area contributed by atoms with Crippen LogP contribution in [0.25, 0.3) is 10.9 Å². The van der Waals surface area contributed by atoms with Gasteiger partial charge in [-0.3, -0.25) is 24.4 Å². The largest absolute Gasteiger partial charge is 0.370 e. The van der Waals surface area contributed by atoms with E-state index in [1.807, 2.05) is 0 Å². The summed E-state index contributed by atoms with van der Waals surface area (Å²) in [5.41, 5.74) is 11.0. The second-order valence-electron chi connectivity index (χ2n) is 8.76. The van der Waals surface area contributed by atoms with Gasteiger partial charge in [0, 0.05) is 42.8 Å². The van der Waals surface area contributed by atoms with Gasteiger partial charge in [-0.05, 0) is 25.0 Å². The lowest BCUT2D eigenvalue weighted by Gasteiger charge is -2.33. The molecule has 3 aromatic rings. The molecule has 0 aliphatic carbocycles. The molecule has 13 nitrogen and oxygen atoms in total. The monoisotopic (exact) mass is 572 g/mol. The van der Waals surface area contributed by atoms with Crippen molar-refractivity contribution >= 4 is 55.8 Å². The molecule has 206 valence electrons. The van der Waals surface area contributed by atoms with E-state index in [1.54, 1.807) is 29.6 Å². The van der Waals surface area contributed by atoms with E-state index in [9.17, 15) is 22.8 Å². The normalized spacial score (nSPS) is 15.2. The molecule has 0 spiro atoms. The van der Waals surface area contributed by atoms with Crippen molar-refractivity contribution in [3.8, 4) is 0 Å². The molecule has 1 aliphatic rings. The van der Waals surface area contributed by atoms with Crippen LogP contribution in [0.5, 0.6) is 0 Å². The van der Waals surface area contributed by atoms with E-state index in [0.717, 1.165) is 15.6 Å². The lowest BCUT2D eigenvalue weighted by molar-refractivity contribution is -0.138. The minimum absolute atomic E-state index is 0.00453. The maximum atomic E-state index is 13.3. The van der Waals surface area contributed by atoms with Gasteiger partial charge >= 0.3 is 0 Å². The molecule has 0 unspecified atom stereocenters. The van der Waals surface area contributed by atoms with Crippen LogP contribution in [0.3, 0.4) is 0 Å². The van der Waals surface area contributed by atoms with Gasteiger partial charge < -0.3 is 21.7 Å². The number of rotatable bonds is 11. The molecule has 0 radical (unpaired) electrons. The molecule has 1 aliphatic heterocycles. The number of amides is 2. The molecule has 2 amide bonds. The molecule has 4 rings (SSSR count). The molecule has 2 aromatic heterocycles. The van der Waals surface area contributed by atoms with Crippen LogP contribution < -0.4 is 16.8 Å². The number of ketones is 1. The van der Waals surface area contributed by atoms with Crippen LogP contribution >= 0.6 is 11.3 Å². The average molecular weight is 573 g/mol. The summed E-state index contributed by atoms with van der Waals surface area (Å²) in [4.78, 5) is 52.0. The standard InChI is InChI=1S/C24H28N8O5S2/c25-24(26)29-9-3-6-17(22(35)23-28-10-13-38-23)30-19(33)14-31-11-12-32(15-20(31)34)39(36,37)18-7-1-4-16-5-2-8-27-21(16)18/h1-2,4-5,7-8,10,13,17H,3,6,9,11-12,14-15H2,(H,30,33)(H4,25,26,29)/t17-/m0/s1. The Kier molecular flexibility index (Phi) is 8.83. The third-order valence-electron chi connectivity index (χ3n) is 6.07. The van der Waals surface area contributed by atoms with Gasteiger partial charge in [-0.15, -0.1) is 11.3 Å². The van der Waals surface area contributed by atoms with Crippen molar-refractivity contribution in [2.75, 3.05) is 32.7 Å². The van der Waals surface area contributed by atoms with Gasteiger partial charge in [0.1, 0.15) is 4.90 Å². The van der Waals surface area contributed by atoms with Gasteiger partial charge in [0.05, 0.1) is 24.6 Å². The number of nitrogens with zero attached hydrogens (tertiary/aromatic N) is 5. The van der Waals surface area contributed by atoms with Crippen LogP contribution in [-0.4, -0.2) is 89.9 Å². The average Bonchev–Trinajstić information content (AvgIpc) is 3.46. The molecule has 1 atom stereocenters. The lowest BCUT2D eigenvalue weighted by atomic mass is 10.1. The number of nitrogens with two attached hydrogens (primary N) is 2. The number of aromatic nitrogens is 2. The van der Waals surface area contributed by atoms with E-state index in [0.29, 0.717) is 17.3 Å². The molecule has 0 bridgehead atoms. The molecule has 3 heterocycles. The highest BCUT2D eigenvalue weighted by atomic mass is 32.2. The Morgan fingerprint density at radius 2 is 1.92 bits per heavy atom. The van der Waals surface area contributed by atoms with Gasteiger partial charge in [0.25, 0.3) is 0 Å². The van der Waals surface area contributed by atoms with Gasteiger partial charge in [-0.1, -0.05) is 18.2 Å². The highest BCUT2D eigenvalue weighted by Crippen LogP contribution is 2.25. The van der Waals surface area contributed by atoms with Crippen LogP contribution in [0.15, 0.2) is 58.0 Å². The molecular weight excluding hydrogens is 544 g/mol. The fraction of sp³-hybridized carbons (Fsp3) is 0.333. The number of Topliss-reactive ketones (excluding diaryl/α,β-unsaturated/α-hetero) is 1. The van der Waals surface area contributed by atoms with Crippen LogP contribution in [0.4, 0.5) is 0 Å². The molecule has 39 heavy (non-hydrogen) atoms. The van der Waals surface area contributed by atoms with Crippen molar-refractivity contribution in [1.82, 2.24) is 24.5 Å². The summed E-state index contributed by atoms with van der Waals surface area (Å²) in [6, 6.07) is 7.44. The molecule has 1 fully saturated rings. The van der Waals surface area contributed by atoms with Crippen molar-refractivity contribution in [3.63, 3.8) is 0 Å². The van der Waals surface area contributed by atoms with E-state index in [-0.39, 0.29) is 54.2 Å². The number of nitrogens with one attached hydrogen (secondary N) is 1. The van der Waals surface area contributed by atoms with E-state index < -0.39 is 34.4 Å². The number of aliphatic imine (C=N–C) groups is 1. The Morgan fingerprint density at radius 1 is 1.13 bits per heavy atom. The first-order valence-corrected chi connectivity index (χ1v) is 14.4. The van der Waals surface area contributed by atoms with E-state index in [2.05, 4.69) is 20.3 Å². The molecular formula is C24H28N8O5S2. The smallest absolute Gasteiger partial charge is 0.245 e. The van der Waals surface area contributed by atoms with E-state index >= 15 is 0 Å². The summed E-state index contributed by atoms with van der Waals surface area (Å²) in [6.45, 7) is -0.443. The number of sulfonamides is 1. The molecule has 0 saturated carbocycles. The van der Waals surface area contributed by atoms with E-state index in [4.69, 9.17) is 11.5 Å². The van der Waals surface area contributed by atoms with Gasteiger partial charge in [-0.2, -0.15) is 4.31 Å². The van der Waals surface area contributed by atoms with Crippen LogP contribution in [0.2, 0.25) is 0 Å². The first kappa shape index (κ1) is 28.1. The summed E-state index contributed by atoms with van der Waals surface area (Å²) >= 11 is 1.16. The topological polar surface area (TPSA) is 194 Å². The lowest BCUT2D eigenvalue weighted by Crippen LogP contribution is -2.55. The highest BCUT2D eigenvalue weighted by Gasteiger charge is 2.35. The summed E-state index contributed by atoms with van der Waals surface area (Å²) in [5, 5.41) is 5.26. The van der Waals surface area contributed by atoms with Gasteiger partial charge in [0.15, 0.2) is 11.0 Å². The Balaban J connectivity index is 1.39. The molecule has 1 saturated heterocycles. The molecule has 1 aromatic carbocycles. The fourth-order valence-electron chi connectivity index (χ4n) is 4.16. The van der Waals surface area contributed by atoms with Crippen LogP contribution in [0, 0.1) is 0 Å². The number of pyridine rings is 1. The highest BCUT2D eigenvalue weighted by molar-refractivity contribution is 7.89. The van der Waals surface area contributed by atoms with Crippen LogP contribution in [0.1, 0.15) is 22.6 Å². The Labute approximate surface area is 229 Å². The van der Waals surface area contributed by atoms with Crippen molar-refractivity contribution in [2.45, 2.75) is 23.8 Å². The van der Waals surface area contributed by atoms with E-state index in [1.165, 1.54) is 23.4 Å². The van der Waals surface area contributed by atoms with Gasteiger partial charge in [0.2, 0.25) is 27.6 Å². The molecule has 15 heteroatoms. The third-order valence-corrected chi connectivity index (χ3v) is 8.74. The number of carbonyl (C=O) groups is 3.